The highest BCUT2D eigenvalue weighted by Crippen LogP contribution is 2.10. The van der Waals surface area contributed by atoms with Crippen LogP contribution in [-0.4, -0.2) is 24.0 Å². The van der Waals surface area contributed by atoms with Crippen molar-refractivity contribution >= 4 is 11.7 Å². The van der Waals surface area contributed by atoms with Crippen molar-refractivity contribution in [1.82, 2.24) is 10.3 Å². The second-order valence-corrected chi connectivity index (χ2v) is 5.20. The number of aryl methyl sites for hydroxylation is 1. The van der Waals surface area contributed by atoms with Crippen molar-refractivity contribution in [2.24, 2.45) is 5.92 Å². The molecule has 4 heteroatoms. The Balaban J connectivity index is 2.56. The molecule has 1 aromatic rings. The monoisotopic (exact) mass is 263 g/mol. The van der Waals surface area contributed by atoms with Gasteiger partial charge in [0.25, 0.3) is 5.91 Å². The highest BCUT2D eigenvalue weighted by atomic mass is 16.1. The van der Waals surface area contributed by atoms with Crippen LogP contribution in [0.3, 0.4) is 0 Å². The second kappa shape index (κ2) is 7.77. The summed E-state index contributed by atoms with van der Waals surface area (Å²) >= 11 is 0. The molecule has 0 unspecified atom stereocenters. The fourth-order valence-electron chi connectivity index (χ4n) is 1.89. The first-order valence-corrected chi connectivity index (χ1v) is 7.03. The largest absolute Gasteiger partial charge is 0.370 e. The summed E-state index contributed by atoms with van der Waals surface area (Å²) in [5.41, 5.74) is 1.53. The molecule has 1 aromatic heterocycles. The second-order valence-electron chi connectivity index (χ2n) is 5.20. The van der Waals surface area contributed by atoms with Crippen LogP contribution in [0.25, 0.3) is 0 Å². The summed E-state index contributed by atoms with van der Waals surface area (Å²) in [6.45, 7) is 9.82. The summed E-state index contributed by atoms with van der Waals surface area (Å²) in [5.74, 6) is 1.42. The number of carbonyl (C=O) groups excluding carboxylic acids is 1. The Bertz CT molecular complexity index is 416. The van der Waals surface area contributed by atoms with E-state index in [2.05, 4.69) is 29.5 Å². The maximum absolute atomic E-state index is 12.0. The molecule has 2 N–H and O–H groups in total. The minimum absolute atomic E-state index is 0.0200. The van der Waals surface area contributed by atoms with E-state index >= 15 is 0 Å². The predicted molar refractivity (Wildman–Crippen MR) is 79.5 cm³/mol. The third kappa shape index (κ3) is 5.73. The van der Waals surface area contributed by atoms with Crippen LogP contribution < -0.4 is 10.6 Å². The van der Waals surface area contributed by atoms with E-state index in [1.807, 2.05) is 19.9 Å². The molecule has 0 spiro atoms. The van der Waals surface area contributed by atoms with Gasteiger partial charge in [-0.15, -0.1) is 0 Å². The first-order valence-electron chi connectivity index (χ1n) is 7.03. The smallest absolute Gasteiger partial charge is 0.251 e. The van der Waals surface area contributed by atoms with E-state index < -0.39 is 0 Å². The van der Waals surface area contributed by atoms with Crippen molar-refractivity contribution in [3.8, 4) is 0 Å². The van der Waals surface area contributed by atoms with E-state index in [9.17, 15) is 4.79 Å². The molecule has 0 aliphatic heterocycles. The minimum atomic E-state index is -0.0200. The number of rotatable bonds is 7. The van der Waals surface area contributed by atoms with Crippen LogP contribution in [0.5, 0.6) is 0 Å². The lowest BCUT2D eigenvalue weighted by molar-refractivity contribution is 0.0952. The van der Waals surface area contributed by atoms with Crippen LogP contribution in [0.4, 0.5) is 5.82 Å². The van der Waals surface area contributed by atoms with Gasteiger partial charge in [0.1, 0.15) is 5.82 Å². The third-order valence-corrected chi connectivity index (χ3v) is 2.82. The highest BCUT2D eigenvalue weighted by Gasteiger charge is 2.08. The normalized spacial score (nSPS) is 10.6. The van der Waals surface area contributed by atoms with Gasteiger partial charge >= 0.3 is 0 Å². The molecule has 0 aliphatic rings. The Morgan fingerprint density at radius 2 is 2.11 bits per heavy atom. The van der Waals surface area contributed by atoms with E-state index in [4.69, 9.17) is 0 Å². The Morgan fingerprint density at radius 1 is 1.37 bits per heavy atom. The lowest BCUT2D eigenvalue weighted by Crippen LogP contribution is -2.25. The van der Waals surface area contributed by atoms with E-state index in [0.29, 0.717) is 11.5 Å². The molecule has 1 rings (SSSR count). The number of anilines is 1. The van der Waals surface area contributed by atoms with Gasteiger partial charge in [-0.1, -0.05) is 13.8 Å². The molecule has 1 amide bonds. The van der Waals surface area contributed by atoms with Gasteiger partial charge in [0.05, 0.1) is 0 Å². The van der Waals surface area contributed by atoms with Crippen molar-refractivity contribution in [1.29, 1.82) is 0 Å². The highest BCUT2D eigenvalue weighted by molar-refractivity contribution is 5.94. The molecule has 0 atom stereocenters. The molecule has 106 valence electrons. The summed E-state index contributed by atoms with van der Waals surface area (Å²) < 4.78 is 0. The zero-order valence-corrected chi connectivity index (χ0v) is 12.4. The van der Waals surface area contributed by atoms with Gasteiger partial charge in [0.2, 0.25) is 0 Å². The Kier molecular flexibility index (Phi) is 6.33. The third-order valence-electron chi connectivity index (χ3n) is 2.82. The van der Waals surface area contributed by atoms with Crippen molar-refractivity contribution in [2.75, 3.05) is 18.4 Å². The lowest BCUT2D eigenvalue weighted by Gasteiger charge is -2.09. The van der Waals surface area contributed by atoms with E-state index in [0.717, 1.165) is 37.4 Å². The minimum Gasteiger partial charge on any atom is -0.370 e. The average Bonchev–Trinajstić information content (AvgIpc) is 2.34. The lowest BCUT2D eigenvalue weighted by atomic mass is 10.1. The van der Waals surface area contributed by atoms with Gasteiger partial charge in [-0.05, 0) is 44.7 Å². The van der Waals surface area contributed by atoms with Crippen molar-refractivity contribution in [2.45, 2.75) is 40.5 Å². The van der Waals surface area contributed by atoms with Gasteiger partial charge in [-0.2, -0.15) is 0 Å². The number of carbonyl (C=O) groups is 1. The Hall–Kier alpha value is -1.58. The number of nitrogens with one attached hydrogen (secondary N) is 2. The Morgan fingerprint density at radius 3 is 2.74 bits per heavy atom. The SMILES string of the molecule is CCNc1cc(C(=O)NCCCC(C)C)cc(C)n1. The van der Waals surface area contributed by atoms with Crippen LogP contribution in [0.2, 0.25) is 0 Å². The number of amides is 1. The van der Waals surface area contributed by atoms with Gasteiger partial charge in [-0.25, -0.2) is 4.98 Å². The van der Waals surface area contributed by atoms with Crippen LogP contribution in [0, 0.1) is 12.8 Å². The molecule has 19 heavy (non-hydrogen) atoms. The average molecular weight is 263 g/mol. The van der Waals surface area contributed by atoms with Gasteiger partial charge < -0.3 is 10.6 Å². The van der Waals surface area contributed by atoms with E-state index in [1.165, 1.54) is 0 Å². The zero-order chi connectivity index (χ0) is 14.3. The fraction of sp³-hybridized carbons (Fsp3) is 0.600. The maximum atomic E-state index is 12.0. The fourth-order valence-corrected chi connectivity index (χ4v) is 1.89. The predicted octanol–water partition coefficient (Wildman–Crippen LogP) is 2.99. The van der Waals surface area contributed by atoms with Crippen LogP contribution >= 0.6 is 0 Å². The number of pyridine rings is 1. The standard InChI is InChI=1S/C15H25N3O/c1-5-16-14-10-13(9-12(4)18-14)15(19)17-8-6-7-11(2)3/h9-11H,5-8H2,1-4H3,(H,16,18)(H,17,19). The molecule has 0 saturated heterocycles. The van der Waals surface area contributed by atoms with Gasteiger partial charge in [0.15, 0.2) is 0 Å². The molecule has 0 radical (unpaired) electrons. The van der Waals surface area contributed by atoms with Crippen LogP contribution in [0.15, 0.2) is 12.1 Å². The van der Waals surface area contributed by atoms with E-state index in [-0.39, 0.29) is 5.91 Å². The molecule has 0 saturated carbocycles. The summed E-state index contributed by atoms with van der Waals surface area (Å²) in [6, 6.07) is 3.62. The van der Waals surface area contributed by atoms with Crippen molar-refractivity contribution in [3.05, 3.63) is 23.4 Å². The molecule has 0 fully saturated rings. The molecule has 4 nitrogen and oxygen atoms in total. The zero-order valence-electron chi connectivity index (χ0n) is 12.4. The first kappa shape index (κ1) is 15.5. The first-order chi connectivity index (χ1) is 9.02. The summed E-state index contributed by atoms with van der Waals surface area (Å²) in [6.07, 6.45) is 2.16. The summed E-state index contributed by atoms with van der Waals surface area (Å²) in [4.78, 5) is 16.4. The van der Waals surface area contributed by atoms with Gasteiger partial charge in [-0.3, -0.25) is 4.79 Å². The molecule has 0 aromatic carbocycles. The Labute approximate surface area is 116 Å². The topological polar surface area (TPSA) is 54.0 Å². The number of hydrogen-bond acceptors (Lipinski definition) is 3. The number of aromatic nitrogens is 1. The number of nitrogens with zero attached hydrogens (tertiary/aromatic N) is 1. The summed E-state index contributed by atoms with van der Waals surface area (Å²) in [7, 11) is 0. The maximum Gasteiger partial charge on any atom is 0.251 e. The molecule has 0 aliphatic carbocycles. The van der Waals surface area contributed by atoms with Crippen molar-refractivity contribution < 1.29 is 4.79 Å². The van der Waals surface area contributed by atoms with Crippen LogP contribution in [-0.2, 0) is 0 Å². The van der Waals surface area contributed by atoms with Crippen LogP contribution in [0.1, 0.15) is 49.7 Å². The molecular formula is C15H25N3O. The van der Waals surface area contributed by atoms with E-state index in [1.54, 1.807) is 6.07 Å². The molecule has 0 bridgehead atoms. The quantitative estimate of drug-likeness (QED) is 0.744. The molecule has 1 heterocycles. The number of hydrogen-bond donors (Lipinski definition) is 2. The van der Waals surface area contributed by atoms with Crippen molar-refractivity contribution in [3.63, 3.8) is 0 Å². The molecular weight excluding hydrogens is 238 g/mol. The van der Waals surface area contributed by atoms with Gasteiger partial charge in [0, 0.05) is 24.3 Å². The summed E-state index contributed by atoms with van der Waals surface area (Å²) in [5, 5.41) is 6.09.